The lowest BCUT2D eigenvalue weighted by atomic mass is 9.92. The normalized spacial score (nSPS) is 14.1. The van der Waals surface area contributed by atoms with E-state index in [9.17, 15) is 8.78 Å². The molecule has 1 unspecified atom stereocenters. The molecule has 1 nitrogen and oxygen atoms in total. The van der Waals surface area contributed by atoms with Crippen molar-refractivity contribution in [3.63, 3.8) is 0 Å². The first-order valence-electron chi connectivity index (χ1n) is 4.88. The Labute approximate surface area is 105 Å². The van der Waals surface area contributed by atoms with Crippen LogP contribution >= 0.6 is 24.0 Å². The van der Waals surface area contributed by atoms with Gasteiger partial charge in [0.15, 0.2) is 0 Å². The molecule has 0 saturated heterocycles. The van der Waals surface area contributed by atoms with Gasteiger partial charge in [-0.15, -0.1) is 12.4 Å². The minimum atomic E-state index is -0.746. The van der Waals surface area contributed by atoms with Crippen molar-refractivity contribution in [2.75, 3.05) is 0 Å². The summed E-state index contributed by atoms with van der Waals surface area (Å²) in [5, 5.41) is -0.0925. The fourth-order valence-corrected chi connectivity index (χ4v) is 1.55. The zero-order valence-electron chi connectivity index (χ0n) is 9.14. The van der Waals surface area contributed by atoms with Crippen LogP contribution in [0.3, 0.4) is 0 Å². The molecule has 1 aromatic carbocycles. The predicted molar refractivity (Wildman–Crippen MR) is 65.0 cm³/mol. The highest BCUT2D eigenvalue weighted by Crippen LogP contribution is 2.30. The van der Waals surface area contributed by atoms with Crippen molar-refractivity contribution < 1.29 is 8.78 Å². The molecule has 0 bridgehead atoms. The maximum Gasteiger partial charge on any atom is 0.149 e. The van der Waals surface area contributed by atoms with Gasteiger partial charge in [0.25, 0.3) is 0 Å². The molecule has 0 aliphatic heterocycles. The van der Waals surface area contributed by atoms with E-state index in [1.165, 1.54) is 6.07 Å². The van der Waals surface area contributed by atoms with Crippen LogP contribution in [0.5, 0.6) is 0 Å². The van der Waals surface area contributed by atoms with Crippen LogP contribution in [0.1, 0.15) is 31.9 Å². The van der Waals surface area contributed by atoms with Gasteiger partial charge < -0.3 is 5.73 Å². The van der Waals surface area contributed by atoms with Crippen LogP contribution in [0, 0.1) is 17.6 Å². The minimum absolute atomic E-state index is 0. The van der Waals surface area contributed by atoms with Gasteiger partial charge in [-0.1, -0.05) is 31.9 Å². The van der Waals surface area contributed by atoms with Crippen molar-refractivity contribution in [1.82, 2.24) is 0 Å². The molecule has 1 rings (SSSR count). The molecule has 1 aromatic rings. The summed E-state index contributed by atoms with van der Waals surface area (Å²) in [6.45, 7) is 3.77. The molecule has 0 amide bonds. The molecular formula is C11H15Cl2F2N. The Hall–Kier alpha value is -0.380. The van der Waals surface area contributed by atoms with Gasteiger partial charge >= 0.3 is 0 Å². The average Bonchev–Trinajstić information content (AvgIpc) is 2.22. The van der Waals surface area contributed by atoms with Gasteiger partial charge in [-0.3, -0.25) is 0 Å². The van der Waals surface area contributed by atoms with E-state index in [2.05, 4.69) is 0 Å². The Morgan fingerprint density at radius 1 is 1.38 bits per heavy atom. The lowest BCUT2D eigenvalue weighted by Crippen LogP contribution is -2.21. The summed E-state index contributed by atoms with van der Waals surface area (Å²) in [4.78, 5) is 0. The molecule has 0 fully saturated rings. The maximum absolute atomic E-state index is 13.6. The number of hydrogen-bond donors (Lipinski definition) is 1. The molecule has 92 valence electrons. The molecule has 2 atom stereocenters. The van der Waals surface area contributed by atoms with Gasteiger partial charge in [0.1, 0.15) is 11.6 Å². The Balaban J connectivity index is 0.00000225. The topological polar surface area (TPSA) is 26.0 Å². The van der Waals surface area contributed by atoms with Gasteiger partial charge in [-0.25, -0.2) is 8.78 Å². The molecule has 0 aliphatic carbocycles. The standard InChI is InChI=1S/C11H14ClF2N.ClH/c1-3-6(2)11(15)9-8(13)5-4-7(12)10(9)14;/h4-6,11H,3,15H2,1-2H3;1H/t6?,11-;/m1./s1. The van der Waals surface area contributed by atoms with Crippen molar-refractivity contribution >= 4 is 24.0 Å². The quantitative estimate of drug-likeness (QED) is 0.822. The predicted octanol–water partition coefficient (Wildman–Crippen LogP) is 4.09. The largest absolute Gasteiger partial charge is 0.324 e. The van der Waals surface area contributed by atoms with Crippen LogP contribution in [0.2, 0.25) is 5.02 Å². The van der Waals surface area contributed by atoms with Crippen LogP contribution in [0.4, 0.5) is 8.78 Å². The van der Waals surface area contributed by atoms with Crippen molar-refractivity contribution in [1.29, 1.82) is 0 Å². The van der Waals surface area contributed by atoms with Gasteiger partial charge in [-0.05, 0) is 18.1 Å². The first-order valence-corrected chi connectivity index (χ1v) is 5.25. The number of rotatable bonds is 3. The molecule has 16 heavy (non-hydrogen) atoms. The van der Waals surface area contributed by atoms with Crippen LogP contribution in [0.25, 0.3) is 0 Å². The second-order valence-corrected chi connectivity index (χ2v) is 4.08. The molecule has 0 aliphatic rings. The second kappa shape index (κ2) is 6.38. The maximum atomic E-state index is 13.6. The summed E-state index contributed by atoms with van der Waals surface area (Å²) in [5.41, 5.74) is 5.67. The van der Waals surface area contributed by atoms with E-state index in [1.54, 1.807) is 0 Å². The summed E-state index contributed by atoms with van der Waals surface area (Å²) in [7, 11) is 0. The van der Waals surface area contributed by atoms with E-state index in [0.717, 1.165) is 12.5 Å². The summed E-state index contributed by atoms with van der Waals surface area (Å²) in [6.07, 6.45) is 0.757. The van der Waals surface area contributed by atoms with Crippen molar-refractivity contribution in [2.24, 2.45) is 11.7 Å². The highest BCUT2D eigenvalue weighted by molar-refractivity contribution is 6.30. The van der Waals surface area contributed by atoms with E-state index in [1.807, 2.05) is 13.8 Å². The summed E-state index contributed by atoms with van der Waals surface area (Å²) in [5.74, 6) is -1.37. The highest BCUT2D eigenvalue weighted by Gasteiger charge is 2.22. The van der Waals surface area contributed by atoms with E-state index in [-0.39, 0.29) is 28.9 Å². The SMILES string of the molecule is CCC(C)[C@@H](N)c1c(F)ccc(Cl)c1F.Cl. The van der Waals surface area contributed by atoms with Crippen LogP contribution in [-0.2, 0) is 0 Å². The minimum Gasteiger partial charge on any atom is -0.324 e. The Morgan fingerprint density at radius 2 is 1.94 bits per heavy atom. The molecular weight excluding hydrogens is 255 g/mol. The Morgan fingerprint density at radius 3 is 2.44 bits per heavy atom. The van der Waals surface area contributed by atoms with Gasteiger partial charge in [0.05, 0.1) is 5.02 Å². The lowest BCUT2D eigenvalue weighted by Gasteiger charge is -2.20. The van der Waals surface area contributed by atoms with Crippen molar-refractivity contribution in [3.05, 3.63) is 34.4 Å². The molecule has 0 radical (unpaired) electrons. The first-order chi connectivity index (χ1) is 6.99. The highest BCUT2D eigenvalue weighted by atomic mass is 35.5. The van der Waals surface area contributed by atoms with Crippen LogP contribution in [0.15, 0.2) is 12.1 Å². The fraction of sp³-hybridized carbons (Fsp3) is 0.455. The van der Waals surface area contributed by atoms with Gasteiger partial charge in [-0.2, -0.15) is 0 Å². The summed E-state index contributed by atoms with van der Waals surface area (Å²) < 4.78 is 27.0. The lowest BCUT2D eigenvalue weighted by molar-refractivity contribution is 0.419. The van der Waals surface area contributed by atoms with Gasteiger partial charge in [0.2, 0.25) is 0 Å². The number of hydrogen-bond acceptors (Lipinski definition) is 1. The number of benzene rings is 1. The van der Waals surface area contributed by atoms with E-state index >= 15 is 0 Å². The molecule has 0 spiro atoms. The fourth-order valence-electron chi connectivity index (χ4n) is 1.39. The van der Waals surface area contributed by atoms with Crippen LogP contribution < -0.4 is 5.73 Å². The van der Waals surface area contributed by atoms with Crippen molar-refractivity contribution in [3.8, 4) is 0 Å². The first kappa shape index (κ1) is 15.6. The molecule has 2 N–H and O–H groups in total. The molecule has 0 saturated carbocycles. The zero-order chi connectivity index (χ0) is 11.6. The Kier molecular flexibility index (Phi) is 6.23. The molecule has 5 heteroatoms. The molecule has 0 aromatic heterocycles. The zero-order valence-corrected chi connectivity index (χ0v) is 10.7. The van der Waals surface area contributed by atoms with Crippen LogP contribution in [-0.4, -0.2) is 0 Å². The Bertz CT molecular complexity index is 358. The summed E-state index contributed by atoms with van der Waals surface area (Å²) >= 11 is 5.58. The number of halogens is 4. The van der Waals surface area contributed by atoms with E-state index < -0.39 is 17.7 Å². The smallest absolute Gasteiger partial charge is 0.149 e. The third kappa shape index (κ3) is 3.06. The third-order valence-corrected chi connectivity index (χ3v) is 2.96. The van der Waals surface area contributed by atoms with E-state index in [0.29, 0.717) is 0 Å². The van der Waals surface area contributed by atoms with Crippen molar-refractivity contribution in [2.45, 2.75) is 26.3 Å². The molecule has 0 heterocycles. The number of nitrogens with two attached hydrogens (primary N) is 1. The third-order valence-electron chi connectivity index (χ3n) is 2.67. The second-order valence-electron chi connectivity index (χ2n) is 3.67. The average molecular weight is 270 g/mol. The monoisotopic (exact) mass is 269 g/mol. The van der Waals surface area contributed by atoms with E-state index in [4.69, 9.17) is 17.3 Å². The van der Waals surface area contributed by atoms with Gasteiger partial charge in [0, 0.05) is 11.6 Å². The summed E-state index contributed by atoms with van der Waals surface area (Å²) in [6, 6.07) is 1.68.